The standard InChI is InChI=1S/C27H36N4O3S/c1-3-18-9-7-12-20(15-18)25(33)21-17-35-26(29-21)22-13-8-14-31(22)27(34)24(30-23(32)16-28-2)19-10-5-4-6-11-19/h7,9,12,15,17,19,22,24,28H,3-6,8,10-11,13-14,16H2,1-2H3,(H,30,32). The highest BCUT2D eigenvalue weighted by molar-refractivity contribution is 7.10. The van der Waals surface area contributed by atoms with E-state index >= 15 is 0 Å². The van der Waals surface area contributed by atoms with Gasteiger partial charge in [-0.05, 0) is 56.7 Å². The molecule has 4 rings (SSSR count). The number of likely N-dealkylation sites (N-methyl/N-ethyl adjacent to an activating group) is 1. The molecule has 35 heavy (non-hydrogen) atoms. The van der Waals surface area contributed by atoms with Gasteiger partial charge in [-0.25, -0.2) is 4.98 Å². The fraction of sp³-hybridized carbons (Fsp3) is 0.556. The molecule has 2 heterocycles. The normalized spacial score (nSPS) is 19.5. The highest BCUT2D eigenvalue weighted by Gasteiger charge is 2.39. The van der Waals surface area contributed by atoms with E-state index in [1.54, 1.807) is 7.05 Å². The number of likely N-dealkylation sites (tertiary alicyclic amines) is 1. The number of benzene rings is 1. The monoisotopic (exact) mass is 496 g/mol. The maximum absolute atomic E-state index is 13.8. The van der Waals surface area contributed by atoms with Crippen molar-refractivity contribution in [1.82, 2.24) is 20.5 Å². The van der Waals surface area contributed by atoms with Crippen molar-refractivity contribution < 1.29 is 14.4 Å². The topological polar surface area (TPSA) is 91.4 Å². The van der Waals surface area contributed by atoms with Crippen LogP contribution in [0.5, 0.6) is 0 Å². The molecule has 1 saturated heterocycles. The molecule has 2 atom stereocenters. The quantitative estimate of drug-likeness (QED) is 0.514. The van der Waals surface area contributed by atoms with E-state index < -0.39 is 6.04 Å². The third-order valence-corrected chi connectivity index (χ3v) is 8.16. The number of carbonyl (C=O) groups is 3. The van der Waals surface area contributed by atoms with Crippen molar-refractivity contribution in [3.8, 4) is 0 Å². The second kappa shape index (κ2) is 11.9. The Labute approximate surface area is 211 Å². The second-order valence-corrected chi connectivity index (χ2v) is 10.5. The van der Waals surface area contributed by atoms with Crippen LogP contribution in [0.15, 0.2) is 29.6 Å². The first-order valence-electron chi connectivity index (χ1n) is 12.8. The van der Waals surface area contributed by atoms with E-state index in [1.807, 2.05) is 34.5 Å². The van der Waals surface area contributed by atoms with Crippen LogP contribution in [0.3, 0.4) is 0 Å². The lowest BCUT2D eigenvalue weighted by Gasteiger charge is -2.34. The molecule has 2 fully saturated rings. The van der Waals surface area contributed by atoms with Crippen molar-refractivity contribution in [2.45, 2.75) is 70.4 Å². The molecular weight excluding hydrogens is 460 g/mol. The molecule has 1 aromatic heterocycles. The van der Waals surface area contributed by atoms with Gasteiger partial charge in [0.1, 0.15) is 16.7 Å². The number of hydrogen-bond donors (Lipinski definition) is 2. The summed E-state index contributed by atoms with van der Waals surface area (Å²) in [6.45, 7) is 2.91. The van der Waals surface area contributed by atoms with E-state index in [1.165, 1.54) is 17.8 Å². The zero-order valence-corrected chi connectivity index (χ0v) is 21.5. The van der Waals surface area contributed by atoms with Crippen LogP contribution in [-0.2, 0) is 16.0 Å². The molecule has 2 amide bonds. The Bertz CT molecular complexity index is 1050. The molecule has 2 aromatic rings. The largest absolute Gasteiger partial charge is 0.343 e. The first-order valence-corrected chi connectivity index (χ1v) is 13.7. The number of aromatic nitrogens is 1. The highest BCUT2D eigenvalue weighted by atomic mass is 32.1. The number of rotatable bonds is 9. The molecule has 8 heteroatoms. The SMILES string of the molecule is CCc1cccc(C(=O)c2csc(C3CCCN3C(=O)C(NC(=O)CNC)C3CCCCC3)n2)c1. The number of aryl methyl sites for hydroxylation is 1. The average molecular weight is 497 g/mol. The molecule has 2 unspecified atom stereocenters. The molecular formula is C27H36N4O3S. The lowest BCUT2D eigenvalue weighted by molar-refractivity contribution is -0.139. The summed E-state index contributed by atoms with van der Waals surface area (Å²) < 4.78 is 0. The van der Waals surface area contributed by atoms with Crippen molar-refractivity contribution in [3.63, 3.8) is 0 Å². The molecule has 0 bridgehead atoms. The smallest absolute Gasteiger partial charge is 0.246 e. The van der Waals surface area contributed by atoms with Crippen molar-refractivity contribution >= 4 is 28.9 Å². The Hall–Kier alpha value is -2.58. The molecule has 1 aliphatic carbocycles. The van der Waals surface area contributed by atoms with E-state index in [0.29, 0.717) is 17.8 Å². The predicted octanol–water partition coefficient (Wildman–Crippen LogP) is 3.88. The first-order chi connectivity index (χ1) is 17.0. The zero-order valence-electron chi connectivity index (χ0n) is 20.7. The van der Waals surface area contributed by atoms with Gasteiger partial charge >= 0.3 is 0 Å². The molecule has 0 spiro atoms. The van der Waals surface area contributed by atoms with Crippen LogP contribution in [-0.4, -0.2) is 53.7 Å². The summed E-state index contributed by atoms with van der Waals surface area (Å²) in [5, 5.41) is 8.51. The van der Waals surface area contributed by atoms with Gasteiger partial charge in [0, 0.05) is 17.5 Å². The van der Waals surface area contributed by atoms with E-state index in [0.717, 1.165) is 55.5 Å². The van der Waals surface area contributed by atoms with Crippen LogP contribution in [0.2, 0.25) is 0 Å². The summed E-state index contributed by atoms with van der Waals surface area (Å²) >= 11 is 1.45. The van der Waals surface area contributed by atoms with Gasteiger partial charge in [-0.1, -0.05) is 44.4 Å². The number of nitrogens with one attached hydrogen (secondary N) is 2. The maximum atomic E-state index is 13.8. The summed E-state index contributed by atoms with van der Waals surface area (Å²) in [6, 6.07) is 7.02. The molecule has 0 radical (unpaired) electrons. The first kappa shape index (κ1) is 25.5. The number of amides is 2. The van der Waals surface area contributed by atoms with Crippen LogP contribution < -0.4 is 10.6 Å². The molecule has 188 valence electrons. The Morgan fingerprint density at radius 2 is 1.94 bits per heavy atom. The minimum atomic E-state index is -0.505. The van der Waals surface area contributed by atoms with Gasteiger partial charge in [-0.2, -0.15) is 0 Å². The lowest BCUT2D eigenvalue weighted by Crippen LogP contribution is -2.53. The van der Waals surface area contributed by atoms with Crippen LogP contribution in [0.1, 0.15) is 84.5 Å². The number of nitrogens with zero attached hydrogens (tertiary/aromatic N) is 2. The second-order valence-electron chi connectivity index (χ2n) is 9.62. The van der Waals surface area contributed by atoms with Gasteiger partial charge in [0.15, 0.2) is 0 Å². The zero-order chi connectivity index (χ0) is 24.8. The van der Waals surface area contributed by atoms with Crippen LogP contribution in [0.25, 0.3) is 0 Å². The number of carbonyl (C=O) groups excluding carboxylic acids is 3. The Morgan fingerprint density at radius 1 is 1.14 bits per heavy atom. The van der Waals surface area contributed by atoms with Gasteiger partial charge in [0.25, 0.3) is 0 Å². The summed E-state index contributed by atoms with van der Waals surface area (Å²) in [5.74, 6) is -0.0816. The molecule has 1 saturated carbocycles. The van der Waals surface area contributed by atoms with Gasteiger partial charge < -0.3 is 15.5 Å². The summed E-state index contributed by atoms with van der Waals surface area (Å²) in [6.07, 6.45) is 7.87. The average Bonchev–Trinajstić information content (AvgIpc) is 3.57. The molecule has 7 nitrogen and oxygen atoms in total. The molecule has 2 aliphatic rings. The molecule has 1 aliphatic heterocycles. The van der Waals surface area contributed by atoms with E-state index in [-0.39, 0.29) is 36.1 Å². The minimum Gasteiger partial charge on any atom is -0.343 e. The van der Waals surface area contributed by atoms with Crippen molar-refractivity contribution in [3.05, 3.63) is 51.5 Å². The van der Waals surface area contributed by atoms with Gasteiger partial charge in [0.2, 0.25) is 17.6 Å². The predicted molar refractivity (Wildman–Crippen MR) is 137 cm³/mol. The Morgan fingerprint density at radius 3 is 2.69 bits per heavy atom. The van der Waals surface area contributed by atoms with E-state index in [2.05, 4.69) is 17.6 Å². The lowest BCUT2D eigenvalue weighted by atomic mass is 9.83. The highest BCUT2D eigenvalue weighted by Crippen LogP contribution is 2.36. The maximum Gasteiger partial charge on any atom is 0.246 e. The number of ketones is 1. The third-order valence-electron chi connectivity index (χ3n) is 7.21. The fourth-order valence-electron chi connectivity index (χ4n) is 5.32. The van der Waals surface area contributed by atoms with Crippen LogP contribution >= 0.6 is 11.3 Å². The molecule has 2 N–H and O–H groups in total. The Balaban J connectivity index is 1.52. The van der Waals surface area contributed by atoms with Crippen molar-refractivity contribution in [1.29, 1.82) is 0 Å². The van der Waals surface area contributed by atoms with E-state index in [4.69, 9.17) is 4.98 Å². The minimum absolute atomic E-state index is 0.0115. The van der Waals surface area contributed by atoms with Gasteiger partial charge in [-0.3, -0.25) is 14.4 Å². The van der Waals surface area contributed by atoms with Crippen LogP contribution in [0, 0.1) is 5.92 Å². The number of hydrogen-bond acceptors (Lipinski definition) is 6. The van der Waals surface area contributed by atoms with E-state index in [9.17, 15) is 14.4 Å². The van der Waals surface area contributed by atoms with Crippen molar-refractivity contribution in [2.24, 2.45) is 5.92 Å². The third kappa shape index (κ3) is 5.98. The number of thiazole rings is 1. The fourth-order valence-corrected chi connectivity index (χ4v) is 6.27. The van der Waals surface area contributed by atoms with Gasteiger partial charge in [0.05, 0.1) is 12.6 Å². The summed E-state index contributed by atoms with van der Waals surface area (Å²) in [7, 11) is 1.73. The summed E-state index contributed by atoms with van der Waals surface area (Å²) in [4.78, 5) is 45.9. The van der Waals surface area contributed by atoms with Gasteiger partial charge in [-0.15, -0.1) is 11.3 Å². The van der Waals surface area contributed by atoms with Crippen molar-refractivity contribution in [2.75, 3.05) is 20.1 Å². The summed E-state index contributed by atoms with van der Waals surface area (Å²) in [5.41, 5.74) is 2.20. The molecule has 1 aromatic carbocycles. The van der Waals surface area contributed by atoms with Crippen LogP contribution in [0.4, 0.5) is 0 Å². The Kier molecular flexibility index (Phi) is 8.68.